The molecule has 2 aromatic heterocycles. The van der Waals surface area contributed by atoms with Gasteiger partial charge in [-0.1, -0.05) is 36.7 Å². The number of piperidine rings is 1. The van der Waals surface area contributed by atoms with E-state index in [0.717, 1.165) is 24.9 Å². The fourth-order valence-corrected chi connectivity index (χ4v) is 4.83. The number of aromatic nitrogens is 3. The molecule has 32 heavy (non-hydrogen) atoms. The summed E-state index contributed by atoms with van der Waals surface area (Å²) in [6, 6.07) is 9.36. The van der Waals surface area contributed by atoms with Crippen molar-refractivity contribution in [1.29, 1.82) is 0 Å². The minimum absolute atomic E-state index is 0.0177. The van der Waals surface area contributed by atoms with Gasteiger partial charge in [0.15, 0.2) is 0 Å². The number of rotatable bonds is 5. The Morgan fingerprint density at radius 2 is 1.97 bits per heavy atom. The van der Waals surface area contributed by atoms with Crippen LogP contribution in [0.1, 0.15) is 13.3 Å². The number of fused-ring (bicyclic) bond motifs is 2. The molecule has 0 spiro atoms. The van der Waals surface area contributed by atoms with E-state index >= 15 is 0 Å². The second-order valence-corrected chi connectivity index (χ2v) is 8.92. The number of amides is 2. The van der Waals surface area contributed by atoms with E-state index in [4.69, 9.17) is 11.6 Å². The maximum Gasteiger partial charge on any atom is 0.317 e. The van der Waals surface area contributed by atoms with Crippen LogP contribution in [0, 0.1) is 11.8 Å². The Kier molecular flexibility index (Phi) is 5.25. The highest BCUT2D eigenvalue weighted by molar-refractivity contribution is 6.33. The number of likely N-dealkylation sites (tertiary alicyclic amines) is 1. The number of halogens is 1. The van der Waals surface area contributed by atoms with Gasteiger partial charge in [-0.15, -0.1) is 0 Å². The second-order valence-electron chi connectivity index (χ2n) is 8.51. The fraction of sp³-hybridized carbons (Fsp3) is 0.391. The van der Waals surface area contributed by atoms with Crippen molar-refractivity contribution in [2.24, 2.45) is 18.9 Å². The molecule has 166 valence electrons. The van der Waals surface area contributed by atoms with E-state index in [1.165, 1.54) is 4.57 Å². The summed E-state index contributed by atoms with van der Waals surface area (Å²) in [6.07, 6.45) is 2.66. The van der Waals surface area contributed by atoms with Crippen LogP contribution in [0.15, 0.2) is 41.3 Å². The Bertz CT molecular complexity index is 1250. The van der Waals surface area contributed by atoms with E-state index < -0.39 is 0 Å². The summed E-state index contributed by atoms with van der Waals surface area (Å²) in [5.74, 6) is 1.32. The van der Waals surface area contributed by atoms with Gasteiger partial charge in [-0.05, 0) is 18.6 Å². The van der Waals surface area contributed by atoms with Crippen molar-refractivity contribution in [2.45, 2.75) is 19.4 Å². The highest BCUT2D eigenvalue weighted by Gasteiger charge is 2.57. The van der Waals surface area contributed by atoms with Crippen LogP contribution >= 0.6 is 11.6 Å². The van der Waals surface area contributed by atoms with Crippen LogP contribution in [-0.4, -0.2) is 51.1 Å². The number of nitrogens with one attached hydrogen (secondary N) is 2. The Morgan fingerprint density at radius 1 is 1.22 bits per heavy atom. The molecule has 2 atom stereocenters. The van der Waals surface area contributed by atoms with E-state index in [1.54, 1.807) is 25.4 Å². The first-order valence-electron chi connectivity index (χ1n) is 10.9. The number of anilines is 1. The highest BCUT2D eigenvalue weighted by Crippen LogP contribution is 2.46. The molecule has 9 heteroatoms. The molecule has 1 saturated carbocycles. The SMILES string of the molecule is CCCNC(=O)N1CC2C(C1)C2Nc1ncc2cc(-c3ccccc3Cl)c(=O)n(C)c2n1. The molecule has 8 nitrogen and oxygen atoms in total. The van der Waals surface area contributed by atoms with Gasteiger partial charge in [0.1, 0.15) is 5.65 Å². The van der Waals surface area contributed by atoms with Crippen molar-refractivity contribution in [3.63, 3.8) is 0 Å². The molecule has 3 aromatic rings. The second kappa shape index (κ2) is 8.09. The van der Waals surface area contributed by atoms with E-state index in [2.05, 4.69) is 20.6 Å². The number of urea groups is 1. The van der Waals surface area contributed by atoms with Gasteiger partial charge in [-0.3, -0.25) is 9.36 Å². The zero-order valence-corrected chi connectivity index (χ0v) is 18.8. The van der Waals surface area contributed by atoms with Gasteiger partial charge in [0.25, 0.3) is 5.56 Å². The molecule has 2 fully saturated rings. The van der Waals surface area contributed by atoms with Gasteiger partial charge >= 0.3 is 6.03 Å². The maximum absolute atomic E-state index is 13.0. The van der Waals surface area contributed by atoms with Gasteiger partial charge < -0.3 is 15.5 Å². The lowest BCUT2D eigenvalue weighted by Gasteiger charge is -2.20. The molecule has 2 unspecified atom stereocenters. The fourth-order valence-electron chi connectivity index (χ4n) is 4.59. The van der Waals surface area contributed by atoms with Crippen molar-refractivity contribution in [1.82, 2.24) is 24.8 Å². The molecule has 1 aliphatic heterocycles. The van der Waals surface area contributed by atoms with E-state index in [0.29, 0.717) is 46.1 Å². The number of carbonyl (C=O) groups excluding carboxylic acids is 1. The highest BCUT2D eigenvalue weighted by atomic mass is 35.5. The molecule has 2 aliphatic rings. The molecule has 1 saturated heterocycles. The Hall–Kier alpha value is -3.13. The number of pyridine rings is 1. The van der Waals surface area contributed by atoms with Gasteiger partial charge in [0, 0.05) is 72.3 Å². The maximum atomic E-state index is 13.0. The van der Waals surface area contributed by atoms with Crippen molar-refractivity contribution in [3.8, 4) is 11.1 Å². The smallest absolute Gasteiger partial charge is 0.317 e. The monoisotopic (exact) mass is 452 g/mol. The molecule has 3 heterocycles. The van der Waals surface area contributed by atoms with Gasteiger partial charge in [-0.25, -0.2) is 9.78 Å². The lowest BCUT2D eigenvalue weighted by atomic mass is 10.1. The Labute approximate surface area is 190 Å². The lowest BCUT2D eigenvalue weighted by molar-refractivity contribution is 0.203. The molecule has 5 rings (SSSR count). The van der Waals surface area contributed by atoms with Crippen molar-refractivity contribution in [3.05, 3.63) is 51.9 Å². The van der Waals surface area contributed by atoms with Gasteiger partial charge in [-0.2, -0.15) is 4.98 Å². The van der Waals surface area contributed by atoms with Crippen LogP contribution in [-0.2, 0) is 7.05 Å². The zero-order valence-electron chi connectivity index (χ0n) is 18.0. The number of nitrogens with zero attached hydrogens (tertiary/aromatic N) is 4. The Morgan fingerprint density at radius 3 is 2.69 bits per heavy atom. The first-order chi connectivity index (χ1) is 15.5. The first-order valence-corrected chi connectivity index (χ1v) is 11.3. The third-order valence-electron chi connectivity index (χ3n) is 6.42. The molecular formula is C23H25ClN6O2. The summed E-state index contributed by atoms with van der Waals surface area (Å²) < 4.78 is 1.54. The summed E-state index contributed by atoms with van der Waals surface area (Å²) >= 11 is 6.31. The number of carbonyl (C=O) groups is 1. The number of aryl methyl sites for hydroxylation is 1. The summed E-state index contributed by atoms with van der Waals surface area (Å²) in [5, 5.41) is 7.62. The predicted molar refractivity (Wildman–Crippen MR) is 125 cm³/mol. The third kappa shape index (κ3) is 3.58. The predicted octanol–water partition coefficient (Wildman–Crippen LogP) is 3.11. The molecule has 2 amide bonds. The molecular weight excluding hydrogens is 428 g/mol. The van der Waals surface area contributed by atoms with E-state index in [-0.39, 0.29) is 17.6 Å². The molecule has 1 aromatic carbocycles. The van der Waals surface area contributed by atoms with Crippen LogP contribution in [0.2, 0.25) is 5.02 Å². The van der Waals surface area contributed by atoms with Crippen molar-refractivity contribution in [2.75, 3.05) is 25.0 Å². The summed E-state index contributed by atoms with van der Waals surface area (Å²) in [5.41, 5.74) is 1.62. The largest absolute Gasteiger partial charge is 0.351 e. The standard InChI is InChI=1S/C23H25ClN6O2/c1-3-8-25-23(32)30-11-16-17(12-30)19(16)27-22-26-10-13-9-15(14-6-4-5-7-18(14)24)21(31)29(2)20(13)28-22/h4-7,9-10,16-17,19H,3,8,11-12H2,1-2H3,(H,25,32)(H,26,27,28). The average Bonchev–Trinajstić information content (AvgIpc) is 3.22. The zero-order chi connectivity index (χ0) is 22.4. The van der Waals surface area contributed by atoms with Crippen LogP contribution in [0.25, 0.3) is 22.2 Å². The molecule has 2 N–H and O–H groups in total. The van der Waals surface area contributed by atoms with Crippen LogP contribution < -0.4 is 16.2 Å². The molecule has 0 bridgehead atoms. The lowest BCUT2D eigenvalue weighted by Crippen LogP contribution is -2.41. The number of hydrogen-bond donors (Lipinski definition) is 2. The van der Waals surface area contributed by atoms with Crippen LogP contribution in [0.5, 0.6) is 0 Å². The molecule has 1 aliphatic carbocycles. The first kappa shape index (κ1) is 20.8. The van der Waals surface area contributed by atoms with E-state index in [9.17, 15) is 9.59 Å². The minimum atomic E-state index is -0.160. The number of hydrogen-bond acceptors (Lipinski definition) is 5. The summed E-state index contributed by atoms with van der Waals surface area (Å²) in [4.78, 5) is 36.1. The Balaban J connectivity index is 1.33. The summed E-state index contributed by atoms with van der Waals surface area (Å²) in [7, 11) is 1.71. The van der Waals surface area contributed by atoms with Crippen LogP contribution in [0.3, 0.4) is 0 Å². The quantitative estimate of drug-likeness (QED) is 0.620. The molecule has 0 radical (unpaired) electrons. The summed E-state index contributed by atoms with van der Waals surface area (Å²) in [6.45, 7) is 4.23. The number of benzene rings is 1. The normalized spacial score (nSPS) is 21.5. The average molecular weight is 453 g/mol. The topological polar surface area (TPSA) is 92.2 Å². The third-order valence-corrected chi connectivity index (χ3v) is 6.75. The van der Waals surface area contributed by atoms with Crippen molar-refractivity contribution >= 4 is 34.6 Å². The van der Waals surface area contributed by atoms with Gasteiger partial charge in [0.05, 0.1) is 0 Å². The van der Waals surface area contributed by atoms with Crippen molar-refractivity contribution < 1.29 is 4.79 Å². The van der Waals surface area contributed by atoms with Crippen LogP contribution in [0.4, 0.5) is 10.7 Å². The minimum Gasteiger partial charge on any atom is -0.351 e. The van der Waals surface area contributed by atoms with Gasteiger partial charge in [0.2, 0.25) is 5.95 Å². The van der Waals surface area contributed by atoms with E-state index in [1.807, 2.05) is 30.0 Å².